The Balaban J connectivity index is 0.000000447. The third-order valence-electron chi connectivity index (χ3n) is 5.46. The van der Waals surface area contributed by atoms with Gasteiger partial charge in [-0.1, -0.05) is 94.3 Å². The van der Waals surface area contributed by atoms with Crippen LogP contribution < -0.4 is 0 Å². The van der Waals surface area contributed by atoms with Gasteiger partial charge in [-0.25, -0.2) is 0 Å². The number of benzene rings is 2. The first-order valence-electron chi connectivity index (χ1n) is 11.7. The summed E-state index contributed by atoms with van der Waals surface area (Å²) in [6.45, 7) is 17.7. The predicted molar refractivity (Wildman–Crippen MR) is 136 cm³/mol. The molecule has 0 aliphatic carbocycles. The van der Waals surface area contributed by atoms with Crippen LogP contribution in [0.3, 0.4) is 0 Å². The number of aryl methyl sites for hydroxylation is 4. The second-order valence-corrected chi connectivity index (χ2v) is 8.15. The van der Waals surface area contributed by atoms with E-state index in [9.17, 15) is 0 Å². The van der Waals surface area contributed by atoms with Crippen LogP contribution in [0.5, 0.6) is 0 Å². The van der Waals surface area contributed by atoms with Gasteiger partial charge < -0.3 is 5.11 Å². The Morgan fingerprint density at radius 1 is 0.933 bits per heavy atom. The van der Waals surface area contributed by atoms with Crippen molar-refractivity contribution < 1.29 is 5.11 Å². The fourth-order valence-electron chi connectivity index (χ4n) is 3.22. The van der Waals surface area contributed by atoms with Crippen LogP contribution in [0.2, 0.25) is 0 Å². The maximum atomic E-state index is 8.69. The van der Waals surface area contributed by atoms with Gasteiger partial charge in [-0.2, -0.15) is 0 Å². The zero-order valence-electron chi connectivity index (χ0n) is 20.9. The summed E-state index contributed by atoms with van der Waals surface area (Å²) >= 11 is 0. The van der Waals surface area contributed by atoms with Crippen LogP contribution in [0.4, 0.5) is 0 Å². The minimum atomic E-state index is 0.290. The number of hydrogen-bond acceptors (Lipinski definition) is 1. The molecule has 30 heavy (non-hydrogen) atoms. The van der Waals surface area contributed by atoms with Crippen molar-refractivity contribution in [3.05, 3.63) is 81.9 Å². The van der Waals surface area contributed by atoms with Gasteiger partial charge in [-0.3, -0.25) is 0 Å². The molecule has 0 radical (unpaired) electrons. The average molecular weight is 411 g/mol. The lowest BCUT2D eigenvalue weighted by Gasteiger charge is -2.11. The van der Waals surface area contributed by atoms with Gasteiger partial charge in [0.05, 0.1) is 0 Å². The molecule has 0 aliphatic heterocycles. The Hall–Kier alpha value is -1.86. The maximum Gasteiger partial charge on any atom is 0.0434 e. The molecule has 0 aromatic heterocycles. The second kappa shape index (κ2) is 16.9. The highest BCUT2D eigenvalue weighted by Crippen LogP contribution is 2.20. The minimum absolute atomic E-state index is 0.290. The first kappa shape index (κ1) is 28.1. The van der Waals surface area contributed by atoms with Crippen LogP contribution in [0.1, 0.15) is 95.0 Å². The number of allylic oxidation sites excluding steroid dienone is 2. The molecule has 0 unspecified atom stereocenters. The zero-order chi connectivity index (χ0) is 22.9. The molecule has 1 heteroatoms. The summed E-state index contributed by atoms with van der Waals surface area (Å²) in [4.78, 5) is 0. The van der Waals surface area contributed by atoms with Crippen molar-refractivity contribution in [1.29, 1.82) is 0 Å². The summed E-state index contributed by atoms with van der Waals surface area (Å²) in [5.41, 5.74) is 8.64. The molecule has 2 aromatic carbocycles. The normalized spacial score (nSPS) is 10.8. The van der Waals surface area contributed by atoms with Crippen molar-refractivity contribution in [3.8, 4) is 0 Å². The number of hydrogen-bond donors (Lipinski definition) is 1. The lowest BCUT2D eigenvalue weighted by atomic mass is 9.94. The molecule has 2 aromatic rings. The SMILES string of the molecule is C/C=C(\C)CC.CCc1cc(C)ccc1C(C)C.CCc1ccccc1CCCO. The monoisotopic (exact) mass is 410 g/mol. The molecule has 0 amide bonds. The summed E-state index contributed by atoms with van der Waals surface area (Å²) in [5, 5.41) is 8.69. The molecule has 0 spiro atoms. The van der Waals surface area contributed by atoms with Crippen molar-refractivity contribution in [2.45, 2.75) is 93.4 Å². The van der Waals surface area contributed by atoms with Crippen molar-refractivity contribution in [2.75, 3.05) is 6.61 Å². The lowest BCUT2D eigenvalue weighted by Crippen LogP contribution is -1.95. The van der Waals surface area contributed by atoms with E-state index >= 15 is 0 Å². The van der Waals surface area contributed by atoms with Gasteiger partial charge >= 0.3 is 0 Å². The molecule has 0 bridgehead atoms. The van der Waals surface area contributed by atoms with Crippen LogP contribution in [0, 0.1) is 6.92 Å². The van der Waals surface area contributed by atoms with Crippen LogP contribution >= 0.6 is 0 Å². The average Bonchev–Trinajstić information content (AvgIpc) is 2.77. The van der Waals surface area contributed by atoms with E-state index in [-0.39, 0.29) is 6.61 Å². The highest BCUT2D eigenvalue weighted by molar-refractivity contribution is 5.33. The summed E-state index contributed by atoms with van der Waals surface area (Å²) < 4.78 is 0. The topological polar surface area (TPSA) is 20.2 Å². The molecule has 1 nitrogen and oxygen atoms in total. The number of aliphatic hydroxyl groups excluding tert-OH is 1. The molecular weight excluding hydrogens is 364 g/mol. The fourth-order valence-corrected chi connectivity index (χ4v) is 3.22. The van der Waals surface area contributed by atoms with Gasteiger partial charge in [0, 0.05) is 6.61 Å². The molecule has 2 rings (SSSR count). The standard InChI is InChI=1S/C12H18.C11H16O.C6H12/c1-5-11-8-10(4)6-7-12(11)9(2)3;1-2-10-6-3-4-7-11(10)8-5-9-12;1-4-6(3)5-2/h6-9H,5H2,1-4H3;3-4,6-7,12H,2,5,8-9H2,1H3;4H,5H2,1-3H3/b;;6-4+. The minimum Gasteiger partial charge on any atom is -0.396 e. The Morgan fingerprint density at radius 2 is 1.53 bits per heavy atom. The van der Waals surface area contributed by atoms with Gasteiger partial charge in [0.15, 0.2) is 0 Å². The van der Waals surface area contributed by atoms with Crippen LogP contribution in [-0.4, -0.2) is 11.7 Å². The second-order valence-electron chi connectivity index (χ2n) is 8.15. The zero-order valence-corrected chi connectivity index (χ0v) is 20.9. The first-order chi connectivity index (χ1) is 14.3. The van der Waals surface area contributed by atoms with E-state index in [1.54, 1.807) is 0 Å². The predicted octanol–water partition coefficient (Wildman–Crippen LogP) is 8.22. The van der Waals surface area contributed by atoms with E-state index in [0.29, 0.717) is 5.92 Å². The quantitative estimate of drug-likeness (QED) is 0.456. The van der Waals surface area contributed by atoms with E-state index in [1.165, 1.54) is 39.8 Å². The molecule has 0 heterocycles. The molecule has 1 N–H and O–H groups in total. The van der Waals surface area contributed by atoms with Gasteiger partial charge in [-0.05, 0) is 81.0 Å². The fraction of sp³-hybridized carbons (Fsp3) is 0.517. The highest BCUT2D eigenvalue weighted by Gasteiger charge is 2.04. The molecule has 0 fully saturated rings. The van der Waals surface area contributed by atoms with E-state index < -0.39 is 0 Å². The molecule has 0 saturated carbocycles. The van der Waals surface area contributed by atoms with Crippen molar-refractivity contribution in [3.63, 3.8) is 0 Å². The smallest absolute Gasteiger partial charge is 0.0434 e. The van der Waals surface area contributed by atoms with Crippen molar-refractivity contribution in [2.24, 2.45) is 0 Å². The summed E-state index contributed by atoms with van der Waals surface area (Å²) in [6, 6.07) is 15.2. The largest absolute Gasteiger partial charge is 0.396 e. The third-order valence-corrected chi connectivity index (χ3v) is 5.46. The molecule has 0 aliphatic rings. The van der Waals surface area contributed by atoms with Gasteiger partial charge in [0.25, 0.3) is 0 Å². The van der Waals surface area contributed by atoms with Crippen LogP contribution in [0.15, 0.2) is 54.1 Å². The third kappa shape index (κ3) is 11.4. The Kier molecular flexibility index (Phi) is 15.8. The Labute approximate surface area is 187 Å². The summed E-state index contributed by atoms with van der Waals surface area (Å²) in [6.07, 6.45) is 7.44. The lowest BCUT2D eigenvalue weighted by molar-refractivity contribution is 0.288. The van der Waals surface area contributed by atoms with Gasteiger partial charge in [0.1, 0.15) is 0 Å². The van der Waals surface area contributed by atoms with Gasteiger partial charge in [-0.15, -0.1) is 0 Å². The number of aliphatic hydroxyl groups is 1. The van der Waals surface area contributed by atoms with Crippen LogP contribution in [0.25, 0.3) is 0 Å². The highest BCUT2D eigenvalue weighted by atomic mass is 16.2. The van der Waals surface area contributed by atoms with Crippen LogP contribution in [-0.2, 0) is 19.3 Å². The molecule has 0 atom stereocenters. The Morgan fingerprint density at radius 3 is 1.97 bits per heavy atom. The molecular formula is C29H46O. The van der Waals surface area contributed by atoms with E-state index in [2.05, 4.69) is 104 Å². The molecule has 0 saturated heterocycles. The summed E-state index contributed by atoms with van der Waals surface area (Å²) in [7, 11) is 0. The summed E-state index contributed by atoms with van der Waals surface area (Å²) in [5.74, 6) is 0.653. The maximum absolute atomic E-state index is 8.69. The first-order valence-corrected chi connectivity index (χ1v) is 11.7. The van der Waals surface area contributed by atoms with Crippen molar-refractivity contribution in [1.82, 2.24) is 0 Å². The van der Waals surface area contributed by atoms with Gasteiger partial charge in [0.2, 0.25) is 0 Å². The number of rotatable bonds is 7. The van der Waals surface area contributed by atoms with E-state index in [4.69, 9.17) is 5.11 Å². The van der Waals surface area contributed by atoms with Crippen molar-refractivity contribution >= 4 is 0 Å². The van der Waals surface area contributed by atoms with E-state index in [0.717, 1.165) is 25.7 Å². The molecule has 168 valence electrons. The Bertz CT molecular complexity index is 725. The van der Waals surface area contributed by atoms with E-state index in [1.807, 2.05) is 0 Å².